The molecule has 1 saturated carbocycles. The van der Waals surface area contributed by atoms with Crippen LogP contribution >= 0.6 is 11.3 Å². The molecule has 1 aromatic carbocycles. The van der Waals surface area contributed by atoms with Crippen LogP contribution in [0.2, 0.25) is 0 Å². The minimum atomic E-state index is 0.0117. The van der Waals surface area contributed by atoms with Gasteiger partial charge in [0, 0.05) is 28.3 Å². The van der Waals surface area contributed by atoms with Crippen LogP contribution in [0.5, 0.6) is 5.75 Å². The summed E-state index contributed by atoms with van der Waals surface area (Å²) >= 11 is 1.59. The van der Waals surface area contributed by atoms with Gasteiger partial charge in [-0.1, -0.05) is 13.8 Å². The Kier molecular flexibility index (Phi) is 4.71. The SMILES string of the molecule is CC.COc1ccc2c(=O)cc(-c3nc(C4CC4)cs3)[nH]c2c1C. The Hall–Kier alpha value is -2.14. The highest BCUT2D eigenvalue weighted by molar-refractivity contribution is 7.13. The second-order valence-electron chi connectivity index (χ2n) is 5.71. The normalized spacial score (nSPS) is 13.5. The largest absolute Gasteiger partial charge is 0.496 e. The molecule has 5 heteroatoms. The van der Waals surface area contributed by atoms with E-state index in [1.54, 1.807) is 30.6 Å². The molecule has 0 aliphatic heterocycles. The minimum Gasteiger partial charge on any atom is -0.496 e. The van der Waals surface area contributed by atoms with Gasteiger partial charge in [0.2, 0.25) is 0 Å². The molecule has 0 amide bonds. The van der Waals surface area contributed by atoms with E-state index < -0.39 is 0 Å². The van der Waals surface area contributed by atoms with E-state index in [-0.39, 0.29) is 5.43 Å². The van der Waals surface area contributed by atoms with Crippen molar-refractivity contribution >= 4 is 22.2 Å². The van der Waals surface area contributed by atoms with Gasteiger partial charge in [-0.05, 0) is 31.9 Å². The Labute approximate surface area is 145 Å². The number of ether oxygens (including phenoxy) is 1. The van der Waals surface area contributed by atoms with Crippen molar-refractivity contribution in [3.63, 3.8) is 0 Å². The summed E-state index contributed by atoms with van der Waals surface area (Å²) in [7, 11) is 1.64. The fraction of sp³-hybridized carbons (Fsp3) is 0.368. The standard InChI is InChI=1S/C17H16N2O2S.C2H6/c1-9-15(21-2)6-5-11-14(20)7-12(18-16(9)11)17-19-13(8-22-17)10-3-4-10;1-2/h5-8,10H,3-4H2,1-2H3,(H,18,20);1-2H3. The summed E-state index contributed by atoms with van der Waals surface area (Å²) in [5, 5.41) is 3.66. The third-order valence-electron chi connectivity index (χ3n) is 4.18. The quantitative estimate of drug-likeness (QED) is 0.738. The average molecular weight is 342 g/mol. The van der Waals surface area contributed by atoms with Gasteiger partial charge in [-0.3, -0.25) is 4.79 Å². The van der Waals surface area contributed by atoms with E-state index in [4.69, 9.17) is 4.74 Å². The first-order valence-corrected chi connectivity index (χ1v) is 9.22. The van der Waals surface area contributed by atoms with Crippen LogP contribution in [0.3, 0.4) is 0 Å². The molecular formula is C19H22N2O2S. The summed E-state index contributed by atoms with van der Waals surface area (Å²) in [6.45, 7) is 5.96. The van der Waals surface area contributed by atoms with Crippen LogP contribution in [-0.4, -0.2) is 17.1 Å². The number of rotatable bonds is 3. The van der Waals surface area contributed by atoms with Gasteiger partial charge in [0.25, 0.3) is 0 Å². The Balaban J connectivity index is 0.000000815. The lowest BCUT2D eigenvalue weighted by molar-refractivity contribution is 0.412. The van der Waals surface area contributed by atoms with Crippen LogP contribution in [0.25, 0.3) is 21.6 Å². The van der Waals surface area contributed by atoms with Crippen molar-refractivity contribution in [3.05, 3.63) is 45.1 Å². The van der Waals surface area contributed by atoms with E-state index in [0.717, 1.165) is 33.2 Å². The third kappa shape index (κ3) is 2.96. The smallest absolute Gasteiger partial charge is 0.190 e. The molecule has 4 rings (SSSR count). The van der Waals surface area contributed by atoms with Crippen LogP contribution in [0.15, 0.2) is 28.4 Å². The molecule has 0 spiro atoms. The summed E-state index contributed by atoms with van der Waals surface area (Å²) in [4.78, 5) is 20.4. The first-order chi connectivity index (χ1) is 11.7. The number of aryl methyl sites for hydroxylation is 1. The number of thiazole rings is 1. The number of aromatic amines is 1. The number of hydrogen-bond acceptors (Lipinski definition) is 4. The van der Waals surface area contributed by atoms with E-state index >= 15 is 0 Å². The maximum atomic E-state index is 12.4. The Morgan fingerprint density at radius 1 is 1.29 bits per heavy atom. The number of H-pyrrole nitrogens is 1. The van der Waals surface area contributed by atoms with Crippen molar-refractivity contribution in [2.75, 3.05) is 7.11 Å². The summed E-state index contributed by atoms with van der Waals surface area (Å²) < 4.78 is 5.35. The summed E-state index contributed by atoms with van der Waals surface area (Å²) in [5.41, 5.74) is 3.72. The Bertz CT molecular complexity index is 923. The highest BCUT2D eigenvalue weighted by Gasteiger charge is 2.26. The fourth-order valence-corrected chi connectivity index (χ4v) is 3.62. The van der Waals surface area contributed by atoms with Gasteiger partial charge < -0.3 is 9.72 Å². The second kappa shape index (κ2) is 6.77. The predicted molar refractivity (Wildman–Crippen MR) is 100 cm³/mol. The van der Waals surface area contributed by atoms with Crippen molar-refractivity contribution < 1.29 is 4.74 Å². The summed E-state index contributed by atoms with van der Waals surface area (Å²) in [6.07, 6.45) is 2.46. The zero-order valence-corrected chi connectivity index (χ0v) is 15.3. The average Bonchev–Trinajstić information content (AvgIpc) is 3.34. The van der Waals surface area contributed by atoms with Crippen LogP contribution in [0, 0.1) is 6.92 Å². The number of fused-ring (bicyclic) bond motifs is 1. The van der Waals surface area contributed by atoms with Gasteiger partial charge in [0.05, 0.1) is 24.0 Å². The molecule has 126 valence electrons. The minimum absolute atomic E-state index is 0.0117. The maximum Gasteiger partial charge on any atom is 0.190 e. The highest BCUT2D eigenvalue weighted by Crippen LogP contribution is 2.41. The molecule has 0 bridgehead atoms. The van der Waals surface area contributed by atoms with Gasteiger partial charge in [-0.2, -0.15) is 0 Å². The van der Waals surface area contributed by atoms with Crippen molar-refractivity contribution in [2.24, 2.45) is 0 Å². The monoisotopic (exact) mass is 342 g/mol. The number of hydrogen-bond donors (Lipinski definition) is 1. The van der Waals surface area contributed by atoms with Crippen molar-refractivity contribution in [2.45, 2.75) is 39.5 Å². The molecule has 1 fully saturated rings. The molecule has 2 heterocycles. The highest BCUT2D eigenvalue weighted by atomic mass is 32.1. The van der Waals surface area contributed by atoms with Gasteiger partial charge in [-0.25, -0.2) is 4.98 Å². The van der Waals surface area contributed by atoms with Gasteiger partial charge in [-0.15, -0.1) is 11.3 Å². The van der Waals surface area contributed by atoms with Gasteiger partial charge >= 0.3 is 0 Å². The van der Waals surface area contributed by atoms with Crippen LogP contribution in [-0.2, 0) is 0 Å². The zero-order chi connectivity index (χ0) is 17.3. The number of pyridine rings is 1. The van der Waals surface area contributed by atoms with E-state index in [0.29, 0.717) is 11.3 Å². The molecule has 1 N–H and O–H groups in total. The number of nitrogens with one attached hydrogen (secondary N) is 1. The zero-order valence-electron chi connectivity index (χ0n) is 14.5. The number of benzene rings is 1. The lowest BCUT2D eigenvalue weighted by atomic mass is 10.1. The molecule has 0 unspecified atom stereocenters. The van der Waals surface area contributed by atoms with E-state index in [9.17, 15) is 4.79 Å². The van der Waals surface area contributed by atoms with E-state index in [2.05, 4.69) is 15.3 Å². The van der Waals surface area contributed by atoms with E-state index in [1.807, 2.05) is 26.8 Å². The topological polar surface area (TPSA) is 55.0 Å². The molecule has 1 aliphatic carbocycles. The van der Waals surface area contributed by atoms with Crippen molar-refractivity contribution in [1.82, 2.24) is 9.97 Å². The molecular weight excluding hydrogens is 320 g/mol. The fourth-order valence-electron chi connectivity index (χ4n) is 2.75. The van der Waals surface area contributed by atoms with Gasteiger partial charge in [0.15, 0.2) is 5.43 Å². The van der Waals surface area contributed by atoms with Crippen molar-refractivity contribution in [3.8, 4) is 16.5 Å². The molecule has 2 aromatic heterocycles. The first kappa shape index (κ1) is 16.7. The van der Waals surface area contributed by atoms with Gasteiger partial charge in [0.1, 0.15) is 10.8 Å². The number of aromatic nitrogens is 2. The summed E-state index contributed by atoms with van der Waals surface area (Å²) in [6, 6.07) is 5.28. The van der Waals surface area contributed by atoms with Crippen molar-refractivity contribution in [1.29, 1.82) is 0 Å². The molecule has 1 aliphatic rings. The molecule has 24 heavy (non-hydrogen) atoms. The summed E-state index contributed by atoms with van der Waals surface area (Å²) in [5.74, 6) is 1.40. The van der Waals surface area contributed by atoms with E-state index in [1.165, 1.54) is 12.8 Å². The predicted octanol–water partition coefficient (Wildman–Crippen LogP) is 4.87. The molecule has 0 atom stereocenters. The first-order valence-electron chi connectivity index (χ1n) is 8.34. The molecule has 0 radical (unpaired) electrons. The lowest BCUT2D eigenvalue weighted by Crippen LogP contribution is -2.04. The third-order valence-corrected chi connectivity index (χ3v) is 5.08. The maximum absolute atomic E-state index is 12.4. The lowest BCUT2D eigenvalue weighted by Gasteiger charge is -2.09. The van der Waals surface area contributed by atoms with Crippen LogP contribution in [0.4, 0.5) is 0 Å². The Morgan fingerprint density at radius 2 is 2.04 bits per heavy atom. The Morgan fingerprint density at radius 3 is 2.71 bits per heavy atom. The molecule has 3 aromatic rings. The number of nitrogens with zero attached hydrogens (tertiary/aromatic N) is 1. The number of methoxy groups -OCH3 is 1. The second-order valence-corrected chi connectivity index (χ2v) is 6.57. The van der Waals surface area contributed by atoms with Crippen LogP contribution in [0.1, 0.15) is 43.9 Å². The molecule has 4 nitrogen and oxygen atoms in total. The van der Waals surface area contributed by atoms with Crippen LogP contribution < -0.4 is 10.2 Å². The molecule has 0 saturated heterocycles.